The molecule has 0 aliphatic carbocycles. The first-order valence-electron chi connectivity index (χ1n) is 23.0. The smallest absolute Gasteiger partial charge is 0.229 e. The molecule has 0 saturated carbocycles. The van der Waals surface area contributed by atoms with Gasteiger partial charge in [-0.3, -0.25) is 9.59 Å². The number of carboxylic acid groups (broad SMARTS) is 2. The van der Waals surface area contributed by atoms with Gasteiger partial charge in [-0.1, -0.05) is 163 Å². The van der Waals surface area contributed by atoms with Crippen LogP contribution in [0.4, 0.5) is 0 Å². The van der Waals surface area contributed by atoms with Crippen LogP contribution >= 0.6 is 0 Å². The molecule has 0 fully saturated rings. The van der Waals surface area contributed by atoms with E-state index in [1.807, 2.05) is 13.8 Å². The highest BCUT2D eigenvalue weighted by molar-refractivity contribution is 5.87. The van der Waals surface area contributed by atoms with Gasteiger partial charge in [0.15, 0.2) is 0 Å². The molecule has 0 aromatic heterocycles. The molecule has 6 unspecified atom stereocenters. The van der Waals surface area contributed by atoms with Gasteiger partial charge in [0, 0.05) is 12.1 Å². The predicted molar refractivity (Wildman–Crippen MR) is 227 cm³/mol. The van der Waals surface area contributed by atoms with E-state index < -0.39 is 47.9 Å². The normalized spacial score (nSPS) is 15.5. The lowest BCUT2D eigenvalue weighted by Crippen LogP contribution is -2.63. The highest BCUT2D eigenvalue weighted by Gasteiger charge is 2.41. The monoisotopic (exact) mass is 795 g/mol. The third-order valence-corrected chi connectivity index (χ3v) is 11.8. The molecule has 330 valence electrons. The van der Waals surface area contributed by atoms with Crippen LogP contribution < -0.4 is 20.8 Å². The minimum absolute atomic E-state index is 0.0538. The van der Waals surface area contributed by atoms with Crippen molar-refractivity contribution < 1.29 is 38.4 Å². The Morgan fingerprint density at radius 2 is 0.714 bits per heavy atom. The topological polar surface area (TPSA) is 138 Å². The molecule has 0 saturated heterocycles. The fourth-order valence-corrected chi connectivity index (χ4v) is 8.47. The van der Waals surface area contributed by atoms with Crippen molar-refractivity contribution in [1.82, 2.24) is 10.6 Å². The number of quaternary nitrogens is 2. The van der Waals surface area contributed by atoms with Crippen molar-refractivity contribution in [2.45, 2.75) is 213 Å². The fraction of sp³-hybridized carbons (Fsp3) is 0.913. The number of carbonyl (C=O) groups excluding carboxylic acids is 4. The van der Waals surface area contributed by atoms with Crippen molar-refractivity contribution >= 4 is 23.8 Å². The Balaban J connectivity index is 5.62. The summed E-state index contributed by atoms with van der Waals surface area (Å²) in [6.07, 6.45) is 24.9. The Labute approximate surface area is 344 Å². The van der Waals surface area contributed by atoms with Crippen molar-refractivity contribution in [2.24, 2.45) is 17.8 Å². The van der Waals surface area contributed by atoms with Gasteiger partial charge in [0.1, 0.15) is 24.0 Å². The van der Waals surface area contributed by atoms with E-state index in [4.69, 9.17) is 0 Å². The molecule has 0 bridgehead atoms. The third kappa shape index (κ3) is 23.3. The third-order valence-electron chi connectivity index (χ3n) is 11.8. The van der Waals surface area contributed by atoms with Crippen molar-refractivity contribution in [3.05, 3.63) is 0 Å². The second-order valence-corrected chi connectivity index (χ2v) is 19.1. The molecule has 10 heteroatoms. The van der Waals surface area contributed by atoms with Gasteiger partial charge in [-0.15, -0.1) is 0 Å². The zero-order valence-electron chi connectivity index (χ0n) is 38.4. The molecule has 0 spiro atoms. The lowest BCUT2D eigenvalue weighted by molar-refractivity contribution is -0.892. The van der Waals surface area contributed by atoms with Crippen molar-refractivity contribution in [3.8, 4) is 0 Å². The minimum Gasteiger partial charge on any atom is -0.544 e. The quantitative estimate of drug-likeness (QED) is 0.0522. The number of aliphatic carboxylic acids is 2. The van der Waals surface area contributed by atoms with Crippen LogP contribution in [0.25, 0.3) is 0 Å². The van der Waals surface area contributed by atoms with Gasteiger partial charge >= 0.3 is 0 Å². The number of carboxylic acids is 2. The van der Waals surface area contributed by atoms with Gasteiger partial charge in [0.05, 0.1) is 54.1 Å². The van der Waals surface area contributed by atoms with Crippen LogP contribution in [-0.2, 0) is 19.2 Å². The summed E-state index contributed by atoms with van der Waals surface area (Å²) in [5.41, 5.74) is 0. The van der Waals surface area contributed by atoms with Crippen molar-refractivity contribution in [3.63, 3.8) is 0 Å². The van der Waals surface area contributed by atoms with E-state index in [-0.39, 0.29) is 20.8 Å². The molecular weight excluding hydrogens is 705 g/mol. The Morgan fingerprint density at radius 3 is 0.946 bits per heavy atom. The molecule has 6 atom stereocenters. The fourth-order valence-electron chi connectivity index (χ4n) is 8.47. The zero-order chi connectivity index (χ0) is 42.7. The van der Waals surface area contributed by atoms with E-state index in [2.05, 4.69) is 31.4 Å². The summed E-state index contributed by atoms with van der Waals surface area (Å²) in [6, 6.07) is -2.99. The molecule has 0 aliphatic heterocycles. The number of hydrogen-bond donors (Lipinski definition) is 2. The summed E-state index contributed by atoms with van der Waals surface area (Å²) in [6.45, 7) is 10.6. The van der Waals surface area contributed by atoms with E-state index in [9.17, 15) is 29.4 Å². The molecule has 2 N–H and O–H groups in total. The van der Waals surface area contributed by atoms with Crippen LogP contribution in [-0.4, -0.2) is 99.2 Å². The highest BCUT2D eigenvalue weighted by atomic mass is 16.4. The Kier molecular flexibility index (Phi) is 28.8. The SMILES string of the molecule is CCCCCCCCCCC(C(=O)NC(CC)C(CC)NC(=O)C(CCCCCCCCCCCCCC(C)C)C(C(=O)[O-])[N+](C)(C)C)C(C(=O)[O-])[N+](C)(C)C. The maximum absolute atomic E-state index is 14.1. The van der Waals surface area contributed by atoms with E-state index in [0.29, 0.717) is 25.7 Å². The van der Waals surface area contributed by atoms with Crippen LogP contribution in [0.2, 0.25) is 0 Å². The Hall–Kier alpha value is -2.20. The molecule has 0 rings (SSSR count). The molecule has 0 aromatic rings. The predicted octanol–water partition coefficient (Wildman–Crippen LogP) is 6.92. The lowest BCUT2D eigenvalue weighted by Gasteiger charge is -2.40. The lowest BCUT2D eigenvalue weighted by atomic mass is 9.88. The molecule has 0 aromatic carbocycles. The second-order valence-electron chi connectivity index (χ2n) is 19.1. The average molecular weight is 795 g/mol. The van der Waals surface area contributed by atoms with Gasteiger partial charge in [0.2, 0.25) is 11.8 Å². The number of carbonyl (C=O) groups is 4. The maximum atomic E-state index is 14.1. The van der Waals surface area contributed by atoms with Crippen LogP contribution in [0.1, 0.15) is 189 Å². The number of nitrogens with zero attached hydrogens (tertiary/aromatic N) is 2. The second kappa shape index (κ2) is 29.9. The van der Waals surface area contributed by atoms with Gasteiger partial charge in [-0.25, -0.2) is 0 Å². The van der Waals surface area contributed by atoms with E-state index in [0.717, 1.165) is 57.3 Å². The summed E-state index contributed by atoms with van der Waals surface area (Å²) < 4.78 is 0.108. The Bertz CT molecular complexity index is 1070. The summed E-state index contributed by atoms with van der Waals surface area (Å²) in [5.74, 6) is -3.97. The highest BCUT2D eigenvalue weighted by Crippen LogP contribution is 2.25. The number of amides is 2. The van der Waals surface area contributed by atoms with Gasteiger partial charge in [0.25, 0.3) is 0 Å². The number of likely N-dealkylation sites (N-methyl/N-ethyl adjacent to an activating group) is 2. The number of nitrogens with one attached hydrogen (secondary N) is 2. The molecule has 56 heavy (non-hydrogen) atoms. The van der Waals surface area contributed by atoms with Crippen molar-refractivity contribution in [1.29, 1.82) is 0 Å². The molecule has 2 amide bonds. The summed E-state index contributed by atoms with van der Waals surface area (Å²) in [7, 11) is 10.7. The van der Waals surface area contributed by atoms with Crippen LogP contribution in [0.15, 0.2) is 0 Å². The van der Waals surface area contributed by atoms with Crippen LogP contribution in [0.3, 0.4) is 0 Å². The van der Waals surface area contributed by atoms with E-state index in [1.54, 1.807) is 42.3 Å². The van der Waals surface area contributed by atoms with E-state index >= 15 is 0 Å². The summed E-state index contributed by atoms with van der Waals surface area (Å²) in [4.78, 5) is 53.3. The maximum Gasteiger partial charge on any atom is 0.229 e. The van der Waals surface area contributed by atoms with Crippen LogP contribution in [0.5, 0.6) is 0 Å². The Morgan fingerprint density at radius 1 is 0.446 bits per heavy atom. The van der Waals surface area contributed by atoms with Gasteiger partial charge in [-0.05, 0) is 31.6 Å². The molecule has 0 aliphatic rings. The van der Waals surface area contributed by atoms with Gasteiger partial charge in [-0.2, -0.15) is 0 Å². The summed E-state index contributed by atoms with van der Waals surface area (Å²) >= 11 is 0. The zero-order valence-corrected chi connectivity index (χ0v) is 38.4. The van der Waals surface area contributed by atoms with E-state index in [1.165, 1.54) is 77.0 Å². The summed E-state index contributed by atoms with van der Waals surface area (Å²) in [5, 5.41) is 31.4. The standard InChI is InChI=1S/C46H90N4O6/c1-12-15-16-17-18-25-28-31-34-37(41(45(53)54)49(6,7)8)43(51)47-39(13-2)40(14-3)48-44(52)38(42(46(55)56)50(9,10)11)35-32-29-26-23-21-19-20-22-24-27-30-33-36(4)5/h36-42H,12-35H2,1-11H3,(H2-2,47,48,51,52,53,54,55,56). The van der Waals surface area contributed by atoms with Crippen LogP contribution in [0, 0.1) is 17.8 Å². The first kappa shape index (κ1) is 53.8. The number of unbranched alkanes of at least 4 members (excludes halogenated alkanes) is 17. The first-order chi connectivity index (χ1) is 26.3. The largest absolute Gasteiger partial charge is 0.544 e. The molecule has 0 radical (unpaired) electrons. The average Bonchev–Trinajstić information content (AvgIpc) is 3.09. The number of hydrogen-bond acceptors (Lipinski definition) is 6. The number of rotatable bonds is 36. The molecular formula is C46H90N4O6. The van der Waals surface area contributed by atoms with Crippen molar-refractivity contribution in [2.75, 3.05) is 42.3 Å². The minimum atomic E-state index is -1.25. The molecule has 10 nitrogen and oxygen atoms in total. The van der Waals surface area contributed by atoms with Gasteiger partial charge < -0.3 is 39.4 Å². The molecule has 0 heterocycles. The first-order valence-corrected chi connectivity index (χ1v) is 23.0.